The lowest BCUT2D eigenvalue weighted by atomic mass is 10.0. The highest BCUT2D eigenvalue weighted by Crippen LogP contribution is 2.36. The maximum Gasteiger partial charge on any atom is 0.120 e. The van der Waals surface area contributed by atoms with Gasteiger partial charge in [0.2, 0.25) is 0 Å². The molecule has 0 aromatic heterocycles. The van der Waals surface area contributed by atoms with Crippen molar-refractivity contribution in [2.75, 3.05) is 0 Å². The predicted molar refractivity (Wildman–Crippen MR) is 74.2 cm³/mol. The molecule has 3 heteroatoms. The van der Waals surface area contributed by atoms with Crippen molar-refractivity contribution in [2.24, 2.45) is 11.8 Å². The summed E-state index contributed by atoms with van der Waals surface area (Å²) in [6, 6.07) is 8.48. The summed E-state index contributed by atoms with van der Waals surface area (Å²) < 4.78 is 5.72. The van der Waals surface area contributed by atoms with E-state index in [4.69, 9.17) is 10.6 Å². The molecule has 100 valence electrons. The molecule has 0 spiro atoms. The second-order valence-corrected chi connectivity index (χ2v) is 5.48. The van der Waals surface area contributed by atoms with E-state index in [1.165, 1.54) is 24.8 Å². The van der Waals surface area contributed by atoms with Gasteiger partial charge in [0.25, 0.3) is 0 Å². The molecule has 1 aromatic carbocycles. The van der Waals surface area contributed by atoms with E-state index in [9.17, 15) is 0 Å². The van der Waals surface area contributed by atoms with E-state index >= 15 is 0 Å². The molecule has 1 atom stereocenters. The van der Waals surface area contributed by atoms with E-state index in [1.54, 1.807) is 0 Å². The van der Waals surface area contributed by atoms with Crippen molar-refractivity contribution in [3.8, 4) is 5.75 Å². The lowest BCUT2D eigenvalue weighted by Crippen LogP contribution is -2.28. The van der Waals surface area contributed by atoms with Gasteiger partial charge in [-0.05, 0) is 50.3 Å². The minimum Gasteiger partial charge on any atom is -0.491 e. The summed E-state index contributed by atoms with van der Waals surface area (Å²) in [7, 11) is 0. The Balaban J connectivity index is 1.99. The van der Waals surface area contributed by atoms with Crippen molar-refractivity contribution < 1.29 is 4.74 Å². The van der Waals surface area contributed by atoms with Gasteiger partial charge in [0.15, 0.2) is 0 Å². The lowest BCUT2D eigenvalue weighted by molar-refractivity contribution is 0.242. The lowest BCUT2D eigenvalue weighted by Gasteiger charge is -2.18. The Morgan fingerprint density at radius 3 is 2.78 bits per heavy atom. The highest BCUT2D eigenvalue weighted by atomic mass is 16.5. The Hall–Kier alpha value is -1.06. The topological polar surface area (TPSA) is 47.3 Å². The quantitative estimate of drug-likeness (QED) is 0.575. The third kappa shape index (κ3) is 4.00. The Morgan fingerprint density at radius 2 is 2.17 bits per heavy atom. The first-order valence-corrected chi connectivity index (χ1v) is 6.91. The van der Waals surface area contributed by atoms with Crippen LogP contribution >= 0.6 is 0 Å². The molecule has 1 saturated carbocycles. The summed E-state index contributed by atoms with van der Waals surface area (Å²) in [5, 5.41) is 0. The SMILES string of the molecule is CC(C)Oc1cccc(C(CCC2CC2)NN)c1. The highest BCUT2D eigenvalue weighted by Gasteiger charge is 2.22. The molecule has 1 aromatic rings. The van der Waals surface area contributed by atoms with Gasteiger partial charge in [-0.2, -0.15) is 0 Å². The number of nitrogens with two attached hydrogens (primary N) is 1. The van der Waals surface area contributed by atoms with E-state index in [0.29, 0.717) is 0 Å². The van der Waals surface area contributed by atoms with Gasteiger partial charge in [-0.15, -0.1) is 0 Å². The van der Waals surface area contributed by atoms with Gasteiger partial charge in [-0.1, -0.05) is 25.0 Å². The summed E-state index contributed by atoms with van der Waals surface area (Å²) in [5.74, 6) is 7.54. The van der Waals surface area contributed by atoms with Crippen LogP contribution in [-0.4, -0.2) is 6.10 Å². The van der Waals surface area contributed by atoms with Crippen LogP contribution < -0.4 is 16.0 Å². The Labute approximate surface area is 110 Å². The summed E-state index contributed by atoms with van der Waals surface area (Å²) >= 11 is 0. The molecule has 0 heterocycles. The molecule has 0 radical (unpaired) electrons. The molecule has 0 amide bonds. The van der Waals surface area contributed by atoms with Crippen LogP contribution in [0.25, 0.3) is 0 Å². The van der Waals surface area contributed by atoms with Crippen molar-refractivity contribution in [3.05, 3.63) is 29.8 Å². The first-order valence-electron chi connectivity index (χ1n) is 6.91. The second-order valence-electron chi connectivity index (χ2n) is 5.48. The second kappa shape index (κ2) is 6.21. The molecule has 1 aliphatic rings. The maximum absolute atomic E-state index is 5.72. The van der Waals surface area contributed by atoms with Crippen molar-refractivity contribution in [1.29, 1.82) is 0 Å². The van der Waals surface area contributed by atoms with E-state index in [1.807, 2.05) is 26.0 Å². The summed E-state index contributed by atoms with van der Waals surface area (Å²) in [4.78, 5) is 0. The zero-order valence-corrected chi connectivity index (χ0v) is 11.4. The Bertz CT molecular complexity index is 375. The zero-order valence-electron chi connectivity index (χ0n) is 11.4. The van der Waals surface area contributed by atoms with E-state index in [0.717, 1.165) is 18.1 Å². The van der Waals surface area contributed by atoms with E-state index in [-0.39, 0.29) is 12.1 Å². The first-order chi connectivity index (χ1) is 8.69. The number of nitrogens with one attached hydrogen (secondary N) is 1. The first kappa shape index (κ1) is 13.4. The minimum absolute atomic E-state index is 0.205. The fraction of sp³-hybridized carbons (Fsp3) is 0.600. The number of ether oxygens (including phenoxy) is 1. The fourth-order valence-electron chi connectivity index (χ4n) is 2.23. The molecule has 3 N–H and O–H groups in total. The molecular formula is C15H24N2O. The van der Waals surface area contributed by atoms with Crippen LogP contribution in [-0.2, 0) is 0 Å². The van der Waals surface area contributed by atoms with Crippen LogP contribution in [0.4, 0.5) is 0 Å². The normalized spacial score (nSPS) is 16.9. The molecule has 2 rings (SSSR count). The van der Waals surface area contributed by atoms with Crippen LogP contribution in [0.2, 0.25) is 0 Å². The molecule has 1 fully saturated rings. The minimum atomic E-state index is 0.205. The van der Waals surface area contributed by atoms with Crippen molar-refractivity contribution in [1.82, 2.24) is 5.43 Å². The van der Waals surface area contributed by atoms with Crippen molar-refractivity contribution in [2.45, 2.75) is 51.7 Å². The molecular weight excluding hydrogens is 224 g/mol. The standard InChI is InChI=1S/C15H24N2O/c1-11(2)18-14-5-3-4-13(10-14)15(17-16)9-8-12-6-7-12/h3-5,10-12,15,17H,6-9,16H2,1-2H3. The number of hydrogen-bond donors (Lipinski definition) is 2. The van der Waals surface area contributed by atoms with Crippen LogP contribution in [0, 0.1) is 5.92 Å². The monoisotopic (exact) mass is 248 g/mol. The van der Waals surface area contributed by atoms with Gasteiger partial charge in [0, 0.05) is 6.04 Å². The number of rotatable bonds is 7. The number of benzene rings is 1. The van der Waals surface area contributed by atoms with Gasteiger partial charge in [-0.25, -0.2) is 0 Å². The average Bonchev–Trinajstić information content (AvgIpc) is 3.13. The summed E-state index contributed by atoms with van der Waals surface area (Å²) in [5.41, 5.74) is 4.15. The maximum atomic E-state index is 5.72. The van der Waals surface area contributed by atoms with Crippen LogP contribution in [0.15, 0.2) is 24.3 Å². The molecule has 3 nitrogen and oxygen atoms in total. The highest BCUT2D eigenvalue weighted by molar-refractivity contribution is 5.30. The van der Waals surface area contributed by atoms with Gasteiger partial charge >= 0.3 is 0 Å². The van der Waals surface area contributed by atoms with E-state index in [2.05, 4.69) is 17.6 Å². The molecule has 0 aliphatic heterocycles. The van der Waals surface area contributed by atoms with Crippen LogP contribution in [0.5, 0.6) is 5.75 Å². The van der Waals surface area contributed by atoms with Gasteiger partial charge in [0.05, 0.1) is 6.10 Å². The number of hydrogen-bond acceptors (Lipinski definition) is 3. The van der Waals surface area contributed by atoms with Gasteiger partial charge in [-0.3, -0.25) is 11.3 Å². The largest absolute Gasteiger partial charge is 0.491 e. The predicted octanol–water partition coefficient (Wildman–Crippen LogP) is 3.17. The Morgan fingerprint density at radius 1 is 1.39 bits per heavy atom. The fourth-order valence-corrected chi connectivity index (χ4v) is 2.23. The summed E-state index contributed by atoms with van der Waals surface area (Å²) in [6.07, 6.45) is 5.37. The zero-order chi connectivity index (χ0) is 13.0. The molecule has 0 saturated heterocycles. The molecule has 0 bridgehead atoms. The molecule has 18 heavy (non-hydrogen) atoms. The van der Waals surface area contributed by atoms with Crippen LogP contribution in [0.3, 0.4) is 0 Å². The molecule has 1 aliphatic carbocycles. The Kier molecular flexibility index (Phi) is 4.61. The third-order valence-corrected chi connectivity index (χ3v) is 3.39. The van der Waals surface area contributed by atoms with Crippen molar-refractivity contribution in [3.63, 3.8) is 0 Å². The molecule has 1 unspecified atom stereocenters. The average molecular weight is 248 g/mol. The van der Waals surface area contributed by atoms with Gasteiger partial charge < -0.3 is 4.74 Å². The number of hydrazine groups is 1. The van der Waals surface area contributed by atoms with E-state index < -0.39 is 0 Å². The summed E-state index contributed by atoms with van der Waals surface area (Å²) in [6.45, 7) is 4.08. The third-order valence-electron chi connectivity index (χ3n) is 3.39. The van der Waals surface area contributed by atoms with Crippen LogP contribution in [0.1, 0.15) is 51.1 Å². The smallest absolute Gasteiger partial charge is 0.120 e. The van der Waals surface area contributed by atoms with Gasteiger partial charge in [0.1, 0.15) is 5.75 Å². The van der Waals surface area contributed by atoms with Crippen molar-refractivity contribution >= 4 is 0 Å².